The molecule has 1 aromatic heterocycles. The molecule has 1 aromatic rings. The van der Waals surface area contributed by atoms with Gasteiger partial charge in [0.15, 0.2) is 0 Å². The Morgan fingerprint density at radius 2 is 2.11 bits per heavy atom. The van der Waals surface area contributed by atoms with E-state index in [1.165, 1.54) is 32.1 Å². The molecule has 1 aliphatic rings. The zero-order valence-electron chi connectivity index (χ0n) is 11.4. The predicted molar refractivity (Wildman–Crippen MR) is 74.4 cm³/mol. The highest BCUT2D eigenvalue weighted by Gasteiger charge is 2.10. The van der Waals surface area contributed by atoms with Crippen LogP contribution >= 0.6 is 0 Å². The summed E-state index contributed by atoms with van der Waals surface area (Å²) in [4.78, 5) is 8.69. The highest BCUT2D eigenvalue weighted by molar-refractivity contribution is 5.12. The van der Waals surface area contributed by atoms with E-state index in [2.05, 4.69) is 28.3 Å². The minimum Gasteiger partial charge on any atom is -0.308 e. The third-order valence-corrected chi connectivity index (χ3v) is 3.61. The zero-order chi connectivity index (χ0) is 12.8. The third kappa shape index (κ3) is 3.64. The number of hydrogen-bond acceptors (Lipinski definition) is 3. The number of nitrogens with zero attached hydrogens (tertiary/aromatic N) is 2. The van der Waals surface area contributed by atoms with Crippen LogP contribution in [-0.2, 0) is 0 Å². The Morgan fingerprint density at radius 3 is 2.83 bits per heavy atom. The van der Waals surface area contributed by atoms with Gasteiger partial charge in [0.25, 0.3) is 0 Å². The summed E-state index contributed by atoms with van der Waals surface area (Å²) in [5.41, 5.74) is 3.71. The van der Waals surface area contributed by atoms with Gasteiger partial charge >= 0.3 is 0 Å². The van der Waals surface area contributed by atoms with Crippen LogP contribution in [0.15, 0.2) is 24.0 Å². The second-order valence-corrected chi connectivity index (χ2v) is 5.06. The first-order valence-electron chi connectivity index (χ1n) is 6.96. The molecule has 1 unspecified atom stereocenters. The summed E-state index contributed by atoms with van der Waals surface area (Å²) in [6, 6.07) is 0.280. The van der Waals surface area contributed by atoms with Crippen molar-refractivity contribution in [2.45, 2.75) is 52.0 Å². The number of rotatable bonds is 5. The van der Waals surface area contributed by atoms with E-state index in [0.29, 0.717) is 0 Å². The van der Waals surface area contributed by atoms with Crippen LogP contribution in [0.3, 0.4) is 0 Å². The molecular weight excluding hydrogens is 222 g/mol. The van der Waals surface area contributed by atoms with Crippen molar-refractivity contribution in [3.05, 3.63) is 35.4 Å². The minimum atomic E-state index is 0.280. The fourth-order valence-electron chi connectivity index (χ4n) is 2.52. The fraction of sp³-hybridized carbons (Fsp3) is 0.600. The van der Waals surface area contributed by atoms with Gasteiger partial charge < -0.3 is 5.32 Å². The van der Waals surface area contributed by atoms with E-state index in [9.17, 15) is 0 Å². The predicted octanol–water partition coefficient (Wildman–Crippen LogP) is 3.33. The molecule has 0 amide bonds. The molecule has 0 aromatic carbocycles. The van der Waals surface area contributed by atoms with Crippen LogP contribution in [0.1, 0.15) is 56.5 Å². The molecular formula is C15H23N3. The molecule has 98 valence electrons. The minimum absolute atomic E-state index is 0.280. The monoisotopic (exact) mass is 245 g/mol. The Labute approximate surface area is 110 Å². The lowest BCUT2D eigenvalue weighted by Crippen LogP contribution is -2.22. The van der Waals surface area contributed by atoms with Gasteiger partial charge in [0, 0.05) is 18.4 Å². The lowest BCUT2D eigenvalue weighted by atomic mass is 9.97. The average Bonchev–Trinajstić information content (AvgIpc) is 2.40. The summed E-state index contributed by atoms with van der Waals surface area (Å²) in [6.07, 6.45) is 12.4. The van der Waals surface area contributed by atoms with Gasteiger partial charge in [0.05, 0.1) is 11.4 Å². The molecule has 0 spiro atoms. The Kier molecular flexibility index (Phi) is 4.88. The maximum Gasteiger partial charge on any atom is 0.0782 e. The van der Waals surface area contributed by atoms with Crippen molar-refractivity contribution in [3.63, 3.8) is 0 Å². The molecule has 0 fully saturated rings. The molecule has 3 nitrogen and oxygen atoms in total. The van der Waals surface area contributed by atoms with E-state index in [1.54, 1.807) is 18.0 Å². The van der Waals surface area contributed by atoms with Gasteiger partial charge in [-0.15, -0.1) is 0 Å². The first-order valence-corrected chi connectivity index (χ1v) is 6.96. The van der Waals surface area contributed by atoms with Crippen LogP contribution < -0.4 is 5.32 Å². The smallest absolute Gasteiger partial charge is 0.0782 e. The average molecular weight is 245 g/mol. The third-order valence-electron chi connectivity index (χ3n) is 3.61. The Hall–Kier alpha value is -1.22. The molecule has 18 heavy (non-hydrogen) atoms. The molecule has 1 aliphatic carbocycles. The van der Waals surface area contributed by atoms with Crippen molar-refractivity contribution in [3.8, 4) is 0 Å². The maximum atomic E-state index is 4.40. The van der Waals surface area contributed by atoms with E-state index in [0.717, 1.165) is 17.9 Å². The van der Waals surface area contributed by atoms with Crippen molar-refractivity contribution in [2.75, 3.05) is 6.54 Å². The van der Waals surface area contributed by atoms with Crippen LogP contribution in [0.5, 0.6) is 0 Å². The van der Waals surface area contributed by atoms with Crippen molar-refractivity contribution < 1.29 is 0 Å². The molecule has 0 aliphatic heterocycles. The highest BCUT2D eigenvalue weighted by atomic mass is 14.9. The Morgan fingerprint density at radius 1 is 1.28 bits per heavy atom. The summed E-state index contributed by atoms with van der Waals surface area (Å²) in [7, 11) is 0. The highest BCUT2D eigenvalue weighted by Crippen LogP contribution is 2.20. The van der Waals surface area contributed by atoms with Crippen molar-refractivity contribution >= 4 is 0 Å². The van der Waals surface area contributed by atoms with Crippen molar-refractivity contribution in [1.82, 2.24) is 15.3 Å². The normalized spacial score (nSPS) is 17.3. The van der Waals surface area contributed by atoms with E-state index in [-0.39, 0.29) is 6.04 Å². The zero-order valence-corrected chi connectivity index (χ0v) is 11.4. The van der Waals surface area contributed by atoms with E-state index in [1.807, 2.05) is 6.92 Å². The molecule has 1 atom stereocenters. The Balaban J connectivity index is 1.80. The van der Waals surface area contributed by atoms with Crippen LogP contribution in [0.4, 0.5) is 0 Å². The largest absolute Gasteiger partial charge is 0.308 e. The van der Waals surface area contributed by atoms with Crippen molar-refractivity contribution in [2.24, 2.45) is 0 Å². The van der Waals surface area contributed by atoms with Crippen LogP contribution in [-0.4, -0.2) is 16.5 Å². The summed E-state index contributed by atoms with van der Waals surface area (Å²) < 4.78 is 0. The summed E-state index contributed by atoms with van der Waals surface area (Å²) in [5, 5.41) is 3.54. The van der Waals surface area contributed by atoms with Gasteiger partial charge in [-0.2, -0.15) is 0 Å². The number of aryl methyl sites for hydroxylation is 1. The molecule has 0 saturated heterocycles. The second kappa shape index (κ2) is 6.64. The van der Waals surface area contributed by atoms with Gasteiger partial charge in [-0.25, -0.2) is 0 Å². The molecule has 1 heterocycles. The van der Waals surface area contributed by atoms with Gasteiger partial charge in [-0.1, -0.05) is 11.6 Å². The topological polar surface area (TPSA) is 37.8 Å². The number of allylic oxidation sites excluding steroid dienone is 1. The fourth-order valence-corrected chi connectivity index (χ4v) is 2.52. The van der Waals surface area contributed by atoms with Crippen LogP contribution in [0, 0.1) is 6.92 Å². The molecule has 0 radical (unpaired) electrons. The summed E-state index contributed by atoms with van der Waals surface area (Å²) >= 11 is 0. The molecule has 0 saturated carbocycles. The van der Waals surface area contributed by atoms with E-state index < -0.39 is 0 Å². The van der Waals surface area contributed by atoms with Gasteiger partial charge in [-0.3, -0.25) is 9.97 Å². The SMILES string of the molecule is Cc1nccnc1C(C)NCCC1=CCCCC1. The number of aromatic nitrogens is 2. The second-order valence-electron chi connectivity index (χ2n) is 5.06. The summed E-state index contributed by atoms with van der Waals surface area (Å²) in [5.74, 6) is 0. The van der Waals surface area contributed by atoms with Gasteiger partial charge in [0.2, 0.25) is 0 Å². The number of nitrogens with one attached hydrogen (secondary N) is 1. The Bertz CT molecular complexity index is 412. The number of hydrogen-bond donors (Lipinski definition) is 1. The molecule has 0 bridgehead atoms. The molecule has 2 rings (SSSR count). The first-order chi connectivity index (χ1) is 8.77. The quantitative estimate of drug-likeness (QED) is 0.809. The summed E-state index contributed by atoms with van der Waals surface area (Å²) in [6.45, 7) is 5.21. The van der Waals surface area contributed by atoms with E-state index in [4.69, 9.17) is 0 Å². The van der Waals surface area contributed by atoms with Crippen LogP contribution in [0.2, 0.25) is 0 Å². The maximum absolute atomic E-state index is 4.40. The standard InChI is InChI=1S/C15H23N3/c1-12(15-13(2)17-10-11-18-15)16-9-8-14-6-4-3-5-7-14/h6,10-12,16H,3-5,7-9H2,1-2H3. The first kappa shape index (κ1) is 13.2. The lowest BCUT2D eigenvalue weighted by Gasteiger charge is -2.17. The molecule has 1 N–H and O–H groups in total. The van der Waals surface area contributed by atoms with Crippen LogP contribution in [0.25, 0.3) is 0 Å². The van der Waals surface area contributed by atoms with E-state index >= 15 is 0 Å². The lowest BCUT2D eigenvalue weighted by molar-refractivity contribution is 0.547. The van der Waals surface area contributed by atoms with Gasteiger partial charge in [0.1, 0.15) is 0 Å². The molecule has 3 heteroatoms. The van der Waals surface area contributed by atoms with Crippen molar-refractivity contribution in [1.29, 1.82) is 0 Å². The van der Waals surface area contributed by atoms with Gasteiger partial charge in [-0.05, 0) is 52.5 Å².